The predicted molar refractivity (Wildman–Crippen MR) is 68.9 cm³/mol. The van der Waals surface area contributed by atoms with Crippen molar-refractivity contribution >= 4 is 5.69 Å². The maximum atomic E-state index is 11.0. The van der Waals surface area contributed by atoms with Crippen LogP contribution in [0.3, 0.4) is 0 Å². The second-order valence-corrected chi connectivity index (χ2v) is 4.13. The zero-order valence-electron chi connectivity index (χ0n) is 11.4. The summed E-state index contributed by atoms with van der Waals surface area (Å²) < 4.78 is 15.1. The van der Waals surface area contributed by atoms with Crippen molar-refractivity contribution < 1.29 is 24.1 Å². The predicted octanol–water partition coefficient (Wildman–Crippen LogP) is 1.37. The molecule has 0 saturated heterocycles. The van der Waals surface area contributed by atoms with E-state index in [0.29, 0.717) is 11.4 Å². The van der Waals surface area contributed by atoms with Crippen molar-refractivity contribution in [3.63, 3.8) is 0 Å². The summed E-state index contributed by atoms with van der Waals surface area (Å²) in [5.74, 6) is 0.447. The summed E-state index contributed by atoms with van der Waals surface area (Å²) in [7, 11) is 1.40. The highest BCUT2D eigenvalue weighted by atomic mass is 16.6. The van der Waals surface area contributed by atoms with Crippen LogP contribution >= 0.6 is 0 Å². The molecule has 112 valence electrons. The average molecular weight is 295 g/mol. The molecule has 0 amide bonds. The first kappa shape index (κ1) is 14.7. The van der Waals surface area contributed by atoms with Gasteiger partial charge < -0.3 is 14.6 Å². The number of nitro groups is 1. The summed E-state index contributed by atoms with van der Waals surface area (Å²) in [5, 5.41) is 27.4. The Kier molecular flexibility index (Phi) is 4.33. The monoisotopic (exact) mass is 295 g/mol. The molecule has 0 atom stereocenters. The molecule has 2 rings (SSSR count). The molecule has 9 heteroatoms. The number of hydrogen-bond acceptors (Lipinski definition) is 8. The van der Waals surface area contributed by atoms with E-state index in [1.54, 1.807) is 6.92 Å². The topological polar surface area (TPSA) is 121 Å². The van der Waals surface area contributed by atoms with Crippen molar-refractivity contribution in [1.82, 2.24) is 10.3 Å². The van der Waals surface area contributed by atoms with Gasteiger partial charge >= 0.3 is 0 Å². The number of benzene rings is 1. The van der Waals surface area contributed by atoms with Gasteiger partial charge in [-0.25, -0.2) is 4.63 Å². The zero-order valence-corrected chi connectivity index (χ0v) is 11.4. The lowest BCUT2D eigenvalue weighted by atomic mass is 10.1. The van der Waals surface area contributed by atoms with Gasteiger partial charge in [0.25, 0.3) is 5.69 Å². The van der Waals surface area contributed by atoms with Crippen molar-refractivity contribution in [3.8, 4) is 11.5 Å². The molecule has 1 N–H and O–H groups in total. The normalized spacial score (nSPS) is 10.4. The smallest absolute Gasteiger partial charge is 0.278 e. The molecule has 0 aliphatic heterocycles. The molecule has 0 saturated carbocycles. The Morgan fingerprint density at radius 3 is 2.67 bits per heavy atom. The van der Waals surface area contributed by atoms with Crippen LogP contribution in [0.5, 0.6) is 11.5 Å². The Morgan fingerprint density at radius 2 is 2.14 bits per heavy atom. The van der Waals surface area contributed by atoms with E-state index in [-0.39, 0.29) is 29.4 Å². The molecule has 9 nitrogen and oxygen atoms in total. The Hall–Kier alpha value is -2.68. The van der Waals surface area contributed by atoms with E-state index in [1.807, 2.05) is 0 Å². The van der Waals surface area contributed by atoms with E-state index in [0.717, 1.165) is 0 Å². The molecule has 0 aliphatic carbocycles. The van der Waals surface area contributed by atoms with Gasteiger partial charge in [0.1, 0.15) is 18.0 Å². The number of nitro benzene ring substituents is 1. The highest BCUT2D eigenvalue weighted by Crippen LogP contribution is 2.35. The molecule has 2 aromatic rings. The first-order valence-electron chi connectivity index (χ1n) is 5.93. The van der Waals surface area contributed by atoms with Crippen LogP contribution in [0.25, 0.3) is 0 Å². The highest BCUT2D eigenvalue weighted by Gasteiger charge is 2.19. The van der Waals surface area contributed by atoms with E-state index in [2.05, 4.69) is 14.9 Å². The fourth-order valence-electron chi connectivity index (χ4n) is 1.69. The molecule has 0 aliphatic rings. The molecule has 21 heavy (non-hydrogen) atoms. The van der Waals surface area contributed by atoms with Gasteiger partial charge in [-0.2, -0.15) is 0 Å². The molecule has 0 spiro atoms. The number of aliphatic hydroxyl groups is 1. The van der Waals surface area contributed by atoms with Crippen LogP contribution in [0.4, 0.5) is 5.69 Å². The van der Waals surface area contributed by atoms with Crippen LogP contribution in [0, 0.1) is 17.0 Å². The van der Waals surface area contributed by atoms with Crippen LogP contribution in [0.15, 0.2) is 16.8 Å². The van der Waals surface area contributed by atoms with Gasteiger partial charge in [-0.15, -0.1) is 0 Å². The number of nitrogens with zero attached hydrogens (tertiary/aromatic N) is 3. The average Bonchev–Trinajstić information content (AvgIpc) is 2.89. The van der Waals surface area contributed by atoms with Crippen molar-refractivity contribution in [1.29, 1.82) is 0 Å². The van der Waals surface area contributed by atoms with Gasteiger partial charge in [-0.3, -0.25) is 10.1 Å². The Balaban J connectivity index is 2.31. The van der Waals surface area contributed by atoms with Crippen molar-refractivity contribution in [2.45, 2.75) is 20.1 Å². The van der Waals surface area contributed by atoms with E-state index in [4.69, 9.17) is 14.6 Å². The zero-order chi connectivity index (χ0) is 15.4. The van der Waals surface area contributed by atoms with E-state index in [1.165, 1.54) is 19.2 Å². The standard InChI is InChI=1S/C12H13N3O6/c1-7-9(14-21-13-7)6-20-12-4-10(15(17)18)8(5-16)3-11(12)19-2/h3-4,16H,5-6H2,1-2H3. The maximum absolute atomic E-state index is 11.0. The third kappa shape index (κ3) is 3.08. The van der Waals surface area contributed by atoms with Crippen LogP contribution in [-0.4, -0.2) is 27.5 Å². The Labute approximate surface area is 119 Å². The van der Waals surface area contributed by atoms with Gasteiger partial charge in [0.2, 0.25) is 0 Å². The molecule has 1 aromatic heterocycles. The van der Waals surface area contributed by atoms with Gasteiger partial charge in [-0.1, -0.05) is 10.3 Å². The molecule has 0 bridgehead atoms. The number of aryl methyl sites for hydroxylation is 1. The van der Waals surface area contributed by atoms with E-state index >= 15 is 0 Å². The number of hydrogen-bond donors (Lipinski definition) is 1. The van der Waals surface area contributed by atoms with E-state index < -0.39 is 11.5 Å². The molecular weight excluding hydrogens is 282 g/mol. The first-order valence-corrected chi connectivity index (χ1v) is 5.93. The quantitative estimate of drug-likeness (QED) is 0.626. The lowest BCUT2D eigenvalue weighted by molar-refractivity contribution is -0.386. The van der Waals surface area contributed by atoms with Crippen LogP contribution in [0.2, 0.25) is 0 Å². The van der Waals surface area contributed by atoms with Crippen molar-refractivity contribution in [2.75, 3.05) is 7.11 Å². The first-order chi connectivity index (χ1) is 10.1. The van der Waals surface area contributed by atoms with Gasteiger partial charge in [-0.05, 0) is 13.0 Å². The maximum Gasteiger partial charge on any atom is 0.278 e. The van der Waals surface area contributed by atoms with Crippen LogP contribution < -0.4 is 9.47 Å². The highest BCUT2D eigenvalue weighted by molar-refractivity contribution is 5.54. The lowest BCUT2D eigenvalue weighted by Gasteiger charge is -2.11. The summed E-state index contributed by atoms with van der Waals surface area (Å²) in [6.07, 6.45) is 0. The molecule has 0 unspecified atom stereocenters. The summed E-state index contributed by atoms with van der Waals surface area (Å²) in [6.45, 7) is 1.25. The number of methoxy groups -OCH3 is 1. The van der Waals surface area contributed by atoms with Crippen molar-refractivity contribution in [3.05, 3.63) is 39.2 Å². The third-order valence-corrected chi connectivity index (χ3v) is 2.84. The summed E-state index contributed by atoms with van der Waals surface area (Å²) in [5.41, 5.74) is 0.938. The summed E-state index contributed by atoms with van der Waals surface area (Å²) >= 11 is 0. The molecular formula is C12H13N3O6. The number of aromatic nitrogens is 2. The number of rotatable bonds is 6. The van der Waals surface area contributed by atoms with Crippen LogP contribution in [0.1, 0.15) is 17.0 Å². The molecule has 0 radical (unpaired) electrons. The lowest BCUT2D eigenvalue weighted by Crippen LogP contribution is -2.02. The largest absolute Gasteiger partial charge is 0.493 e. The van der Waals surface area contributed by atoms with Gasteiger partial charge in [0, 0.05) is 0 Å². The minimum atomic E-state index is -0.596. The fourth-order valence-corrected chi connectivity index (χ4v) is 1.69. The summed E-state index contributed by atoms with van der Waals surface area (Å²) in [4.78, 5) is 10.4. The molecule has 0 fully saturated rings. The SMILES string of the molecule is COc1cc(CO)c([N+](=O)[O-])cc1OCc1nonc1C. The van der Waals surface area contributed by atoms with Crippen molar-refractivity contribution in [2.24, 2.45) is 0 Å². The minimum Gasteiger partial charge on any atom is -0.493 e. The third-order valence-electron chi connectivity index (χ3n) is 2.84. The molecule has 1 heterocycles. The minimum absolute atomic E-state index is 0.0291. The Bertz CT molecular complexity index is 654. The van der Waals surface area contributed by atoms with Crippen LogP contribution in [-0.2, 0) is 13.2 Å². The van der Waals surface area contributed by atoms with E-state index in [9.17, 15) is 10.1 Å². The van der Waals surface area contributed by atoms with Gasteiger partial charge in [0.15, 0.2) is 11.5 Å². The second-order valence-electron chi connectivity index (χ2n) is 4.13. The molecule has 1 aromatic carbocycles. The number of aliphatic hydroxyl groups excluding tert-OH is 1. The fraction of sp³-hybridized carbons (Fsp3) is 0.333. The Morgan fingerprint density at radius 1 is 1.38 bits per heavy atom. The number of ether oxygens (including phenoxy) is 2. The summed E-state index contributed by atoms with van der Waals surface area (Å²) in [6, 6.07) is 2.56. The second kappa shape index (κ2) is 6.18. The van der Waals surface area contributed by atoms with Gasteiger partial charge in [0.05, 0.1) is 30.3 Å².